The highest BCUT2D eigenvalue weighted by molar-refractivity contribution is 5.97. The molecule has 4 amide bonds. The lowest BCUT2D eigenvalue weighted by atomic mass is 9.96. The molecule has 0 aromatic heterocycles. The number of urea groups is 1. The predicted molar refractivity (Wildman–Crippen MR) is 132 cm³/mol. The van der Waals surface area contributed by atoms with Crippen molar-refractivity contribution >= 4 is 17.8 Å². The van der Waals surface area contributed by atoms with E-state index >= 15 is 0 Å². The number of hydrogen-bond acceptors (Lipinski definition) is 3. The lowest BCUT2D eigenvalue weighted by Crippen LogP contribution is -2.61. The van der Waals surface area contributed by atoms with Gasteiger partial charge < -0.3 is 20.4 Å². The van der Waals surface area contributed by atoms with Gasteiger partial charge in [0.25, 0.3) is 5.91 Å². The van der Waals surface area contributed by atoms with Gasteiger partial charge in [0, 0.05) is 37.3 Å². The van der Waals surface area contributed by atoms with E-state index in [1.54, 1.807) is 9.80 Å². The Morgan fingerprint density at radius 2 is 1.70 bits per heavy atom. The zero-order chi connectivity index (χ0) is 24.5. The number of hydrogen-bond donors (Lipinski definition) is 2. The van der Waals surface area contributed by atoms with Gasteiger partial charge in [-0.1, -0.05) is 45.7 Å². The molecule has 1 heterocycles. The number of amides is 4. The Labute approximate surface area is 199 Å². The molecule has 2 N–H and O–H groups in total. The Hall–Kier alpha value is -2.57. The fourth-order valence-electron chi connectivity index (χ4n) is 4.10. The molecule has 33 heavy (non-hydrogen) atoms. The molecule has 1 aliphatic rings. The molecule has 1 aromatic rings. The minimum Gasteiger partial charge on any atom is -0.340 e. The van der Waals surface area contributed by atoms with Gasteiger partial charge in [-0.25, -0.2) is 4.79 Å². The van der Waals surface area contributed by atoms with Crippen molar-refractivity contribution in [2.45, 2.75) is 85.4 Å². The van der Waals surface area contributed by atoms with Crippen molar-refractivity contribution in [3.63, 3.8) is 0 Å². The van der Waals surface area contributed by atoms with Gasteiger partial charge in [-0.05, 0) is 57.2 Å². The summed E-state index contributed by atoms with van der Waals surface area (Å²) in [5, 5.41) is 5.92. The first-order valence-electron chi connectivity index (χ1n) is 12.4. The molecule has 1 aliphatic heterocycles. The van der Waals surface area contributed by atoms with E-state index in [1.165, 1.54) is 5.56 Å². The van der Waals surface area contributed by atoms with E-state index < -0.39 is 6.04 Å². The van der Waals surface area contributed by atoms with Gasteiger partial charge in [0.15, 0.2) is 0 Å². The topological polar surface area (TPSA) is 81.8 Å². The molecule has 0 spiro atoms. The van der Waals surface area contributed by atoms with Crippen LogP contribution in [0.15, 0.2) is 24.3 Å². The van der Waals surface area contributed by atoms with Crippen molar-refractivity contribution in [2.24, 2.45) is 5.92 Å². The SMILES string of the molecule is CCCCc1ccc(C(=O)NC(C(=O)N2CCN(C(=O)NC(C)C)C(C)C2)C(C)CC)cc1. The van der Waals surface area contributed by atoms with Gasteiger partial charge >= 0.3 is 6.03 Å². The van der Waals surface area contributed by atoms with Crippen LogP contribution in [-0.2, 0) is 11.2 Å². The fraction of sp³-hybridized carbons (Fsp3) is 0.654. The normalized spacial score (nSPS) is 18.1. The zero-order valence-electron chi connectivity index (χ0n) is 21.2. The minimum atomic E-state index is -0.592. The highest BCUT2D eigenvalue weighted by Crippen LogP contribution is 2.17. The van der Waals surface area contributed by atoms with Crippen LogP contribution >= 0.6 is 0 Å². The Balaban J connectivity index is 2.05. The van der Waals surface area contributed by atoms with E-state index in [1.807, 2.05) is 58.9 Å². The summed E-state index contributed by atoms with van der Waals surface area (Å²) < 4.78 is 0. The van der Waals surface area contributed by atoms with Crippen molar-refractivity contribution in [1.82, 2.24) is 20.4 Å². The number of aryl methyl sites for hydroxylation is 1. The Morgan fingerprint density at radius 1 is 1.03 bits per heavy atom. The summed E-state index contributed by atoms with van der Waals surface area (Å²) in [5.41, 5.74) is 1.79. The highest BCUT2D eigenvalue weighted by atomic mass is 16.2. The first-order valence-corrected chi connectivity index (χ1v) is 12.4. The van der Waals surface area contributed by atoms with E-state index in [-0.39, 0.29) is 35.8 Å². The van der Waals surface area contributed by atoms with Gasteiger partial charge in [-0.15, -0.1) is 0 Å². The van der Waals surface area contributed by atoms with Gasteiger partial charge in [0.1, 0.15) is 6.04 Å². The summed E-state index contributed by atoms with van der Waals surface area (Å²) in [7, 11) is 0. The minimum absolute atomic E-state index is 0.00264. The lowest BCUT2D eigenvalue weighted by Gasteiger charge is -2.41. The molecule has 0 saturated carbocycles. The Kier molecular flexibility index (Phi) is 10.2. The number of piperazine rings is 1. The molecule has 7 heteroatoms. The lowest BCUT2D eigenvalue weighted by molar-refractivity contribution is -0.136. The van der Waals surface area contributed by atoms with Crippen molar-refractivity contribution in [2.75, 3.05) is 19.6 Å². The molecule has 0 bridgehead atoms. The van der Waals surface area contributed by atoms with Crippen LogP contribution in [0, 0.1) is 5.92 Å². The second-order valence-corrected chi connectivity index (χ2v) is 9.57. The summed E-state index contributed by atoms with van der Waals surface area (Å²) in [5.74, 6) is -0.297. The number of carbonyl (C=O) groups excluding carboxylic acids is 3. The van der Waals surface area contributed by atoms with Gasteiger partial charge in [0.05, 0.1) is 0 Å². The van der Waals surface area contributed by atoms with Crippen molar-refractivity contribution in [3.05, 3.63) is 35.4 Å². The molecule has 3 unspecified atom stereocenters. The van der Waals surface area contributed by atoms with Crippen molar-refractivity contribution in [1.29, 1.82) is 0 Å². The summed E-state index contributed by atoms with van der Waals surface area (Å²) in [6.07, 6.45) is 4.04. The highest BCUT2D eigenvalue weighted by Gasteiger charge is 2.35. The number of nitrogens with one attached hydrogen (secondary N) is 2. The quantitative estimate of drug-likeness (QED) is 0.590. The number of rotatable bonds is 9. The molecule has 0 aliphatic carbocycles. The first kappa shape index (κ1) is 26.7. The summed E-state index contributed by atoms with van der Waals surface area (Å²) in [4.78, 5) is 42.4. The number of unbranched alkanes of at least 4 members (excludes halogenated alkanes) is 1. The molecule has 1 saturated heterocycles. The van der Waals surface area contributed by atoms with Crippen LogP contribution in [0.2, 0.25) is 0 Å². The maximum atomic E-state index is 13.4. The summed E-state index contributed by atoms with van der Waals surface area (Å²) >= 11 is 0. The van der Waals surface area contributed by atoms with Crippen molar-refractivity contribution in [3.8, 4) is 0 Å². The molecule has 3 atom stereocenters. The van der Waals surface area contributed by atoms with Crippen LogP contribution in [0.4, 0.5) is 4.79 Å². The van der Waals surface area contributed by atoms with Crippen LogP contribution in [0.3, 0.4) is 0 Å². The molecule has 0 radical (unpaired) electrons. The van der Waals surface area contributed by atoms with Crippen LogP contribution in [0.1, 0.15) is 76.7 Å². The molecule has 1 fully saturated rings. The third-order valence-corrected chi connectivity index (χ3v) is 6.41. The van der Waals surface area contributed by atoms with E-state index in [2.05, 4.69) is 17.6 Å². The van der Waals surface area contributed by atoms with E-state index in [0.717, 1.165) is 25.7 Å². The largest absolute Gasteiger partial charge is 0.340 e. The Bertz CT molecular complexity index is 793. The second-order valence-electron chi connectivity index (χ2n) is 9.57. The predicted octanol–water partition coefficient (Wildman–Crippen LogP) is 3.82. The Morgan fingerprint density at radius 3 is 2.24 bits per heavy atom. The number of nitrogens with zero attached hydrogens (tertiary/aromatic N) is 2. The van der Waals surface area contributed by atoms with E-state index in [0.29, 0.717) is 25.2 Å². The third-order valence-electron chi connectivity index (χ3n) is 6.41. The monoisotopic (exact) mass is 458 g/mol. The summed E-state index contributed by atoms with van der Waals surface area (Å²) in [6.45, 7) is 13.4. The van der Waals surface area contributed by atoms with E-state index in [4.69, 9.17) is 0 Å². The second kappa shape index (κ2) is 12.6. The van der Waals surface area contributed by atoms with E-state index in [9.17, 15) is 14.4 Å². The van der Waals surface area contributed by atoms with Crippen LogP contribution in [0.25, 0.3) is 0 Å². The molecule has 184 valence electrons. The van der Waals surface area contributed by atoms with Crippen LogP contribution < -0.4 is 10.6 Å². The van der Waals surface area contributed by atoms with Gasteiger partial charge in [-0.3, -0.25) is 9.59 Å². The number of carbonyl (C=O) groups is 3. The first-order chi connectivity index (χ1) is 15.7. The fourth-order valence-corrected chi connectivity index (χ4v) is 4.10. The average molecular weight is 459 g/mol. The van der Waals surface area contributed by atoms with Gasteiger partial charge in [-0.2, -0.15) is 0 Å². The maximum absolute atomic E-state index is 13.4. The standard InChI is InChI=1S/C26H42N4O3/c1-7-9-10-21-11-13-22(14-12-21)24(31)28-23(19(5)8-2)25(32)29-15-16-30(20(6)17-29)26(33)27-18(3)4/h11-14,18-20,23H,7-10,15-17H2,1-6H3,(H,27,33)(H,28,31). The van der Waals surface area contributed by atoms with Crippen LogP contribution in [0.5, 0.6) is 0 Å². The van der Waals surface area contributed by atoms with Crippen LogP contribution in [-0.4, -0.2) is 65.4 Å². The summed E-state index contributed by atoms with van der Waals surface area (Å²) in [6, 6.07) is 6.95. The molecule has 2 rings (SSSR count). The molecule has 1 aromatic carbocycles. The molecular formula is C26H42N4O3. The third kappa shape index (κ3) is 7.47. The zero-order valence-corrected chi connectivity index (χ0v) is 21.2. The molecule has 7 nitrogen and oxygen atoms in total. The number of benzene rings is 1. The maximum Gasteiger partial charge on any atom is 0.317 e. The average Bonchev–Trinajstić information content (AvgIpc) is 2.79. The van der Waals surface area contributed by atoms with Crippen molar-refractivity contribution < 1.29 is 14.4 Å². The molecular weight excluding hydrogens is 416 g/mol. The van der Waals surface area contributed by atoms with Gasteiger partial charge in [0.2, 0.25) is 5.91 Å². The smallest absolute Gasteiger partial charge is 0.317 e.